The molecule has 0 radical (unpaired) electrons. The van der Waals surface area contributed by atoms with Gasteiger partial charge in [-0.15, -0.1) is 0 Å². The lowest BCUT2D eigenvalue weighted by Gasteiger charge is -2.18. The van der Waals surface area contributed by atoms with Crippen molar-refractivity contribution in [1.29, 1.82) is 0 Å². The maximum absolute atomic E-state index is 6.09. The molecule has 2 aromatic carbocycles. The van der Waals surface area contributed by atoms with Gasteiger partial charge in [-0.2, -0.15) is 0 Å². The average Bonchev–Trinajstić information content (AvgIpc) is 3.24. The average molecular weight is 396 g/mol. The van der Waals surface area contributed by atoms with Gasteiger partial charge in [-0.25, -0.2) is 9.97 Å². The third kappa shape index (κ3) is 4.28. The lowest BCUT2D eigenvalue weighted by atomic mass is 10.2. The van der Waals surface area contributed by atoms with E-state index >= 15 is 0 Å². The number of aromatic nitrogens is 2. The third-order valence-corrected chi connectivity index (χ3v) is 4.94. The number of methoxy groups -OCH3 is 1. The monoisotopic (exact) mass is 395 g/mol. The number of ether oxygens (including phenoxy) is 1. The predicted octanol–water partition coefficient (Wildman–Crippen LogP) is 5.23. The minimum Gasteiger partial charge on any atom is -0.495 e. The first-order valence-corrected chi connectivity index (χ1v) is 9.64. The number of halogens is 1. The van der Waals surface area contributed by atoms with Crippen molar-refractivity contribution in [3.8, 4) is 5.75 Å². The summed E-state index contributed by atoms with van der Waals surface area (Å²) in [5.74, 6) is 2.04. The van der Waals surface area contributed by atoms with Crippen LogP contribution in [-0.4, -0.2) is 30.2 Å². The van der Waals surface area contributed by atoms with E-state index in [0.29, 0.717) is 22.4 Å². The fourth-order valence-corrected chi connectivity index (χ4v) is 3.46. The Labute approximate surface area is 169 Å². The molecule has 6 nitrogen and oxygen atoms in total. The largest absolute Gasteiger partial charge is 0.495 e. The van der Waals surface area contributed by atoms with Gasteiger partial charge in [0.1, 0.15) is 23.7 Å². The first-order valence-electron chi connectivity index (χ1n) is 9.26. The molecule has 1 saturated heterocycles. The molecule has 1 aromatic heterocycles. The van der Waals surface area contributed by atoms with E-state index in [1.54, 1.807) is 19.2 Å². The van der Waals surface area contributed by atoms with Crippen molar-refractivity contribution < 1.29 is 4.74 Å². The van der Waals surface area contributed by atoms with Crippen LogP contribution in [0.15, 0.2) is 54.9 Å². The van der Waals surface area contributed by atoms with Gasteiger partial charge in [0, 0.05) is 35.6 Å². The molecule has 3 aromatic rings. The third-order valence-electron chi connectivity index (χ3n) is 4.70. The lowest BCUT2D eigenvalue weighted by Crippen LogP contribution is -2.17. The summed E-state index contributed by atoms with van der Waals surface area (Å²) in [6, 6.07) is 15.7. The second-order valence-electron chi connectivity index (χ2n) is 6.62. The van der Waals surface area contributed by atoms with Crippen molar-refractivity contribution in [2.45, 2.75) is 12.8 Å². The van der Waals surface area contributed by atoms with Crippen molar-refractivity contribution in [2.75, 3.05) is 35.7 Å². The Morgan fingerprint density at radius 3 is 2.36 bits per heavy atom. The summed E-state index contributed by atoms with van der Waals surface area (Å²) < 4.78 is 5.37. The Bertz CT molecular complexity index is 942. The number of hydrogen-bond donors (Lipinski definition) is 2. The smallest absolute Gasteiger partial charge is 0.142 e. The summed E-state index contributed by atoms with van der Waals surface area (Å²) in [5.41, 5.74) is 2.99. The van der Waals surface area contributed by atoms with E-state index in [-0.39, 0.29) is 0 Å². The predicted molar refractivity (Wildman–Crippen MR) is 114 cm³/mol. The van der Waals surface area contributed by atoms with Gasteiger partial charge in [0.25, 0.3) is 0 Å². The zero-order valence-electron chi connectivity index (χ0n) is 15.7. The molecule has 4 rings (SSSR count). The SMILES string of the molecule is COc1ccc(Cl)cc1Nc1cc(Nc2ccc(N3CCCC3)cc2)ncn1. The summed E-state index contributed by atoms with van der Waals surface area (Å²) >= 11 is 6.09. The quantitative estimate of drug-likeness (QED) is 0.596. The number of anilines is 5. The van der Waals surface area contributed by atoms with Gasteiger partial charge in [0.2, 0.25) is 0 Å². The molecule has 0 atom stereocenters. The van der Waals surface area contributed by atoms with E-state index < -0.39 is 0 Å². The number of rotatable bonds is 6. The molecule has 2 N–H and O–H groups in total. The summed E-state index contributed by atoms with van der Waals surface area (Å²) in [6.07, 6.45) is 4.06. The Kier molecular flexibility index (Phi) is 5.48. The normalized spacial score (nSPS) is 13.4. The van der Waals surface area contributed by atoms with E-state index in [1.165, 1.54) is 24.9 Å². The van der Waals surface area contributed by atoms with Gasteiger partial charge in [0.05, 0.1) is 12.8 Å². The van der Waals surface area contributed by atoms with Crippen molar-refractivity contribution >= 4 is 40.3 Å². The molecule has 7 heteroatoms. The highest BCUT2D eigenvalue weighted by molar-refractivity contribution is 6.31. The van der Waals surface area contributed by atoms with Crippen LogP contribution in [0.5, 0.6) is 5.75 Å². The lowest BCUT2D eigenvalue weighted by molar-refractivity contribution is 0.417. The van der Waals surface area contributed by atoms with Crippen LogP contribution in [0.1, 0.15) is 12.8 Å². The molecule has 28 heavy (non-hydrogen) atoms. The van der Waals surface area contributed by atoms with Crippen molar-refractivity contribution in [1.82, 2.24) is 9.97 Å². The van der Waals surface area contributed by atoms with E-state index in [4.69, 9.17) is 16.3 Å². The Hall–Kier alpha value is -2.99. The fraction of sp³-hybridized carbons (Fsp3) is 0.238. The highest BCUT2D eigenvalue weighted by Crippen LogP contribution is 2.30. The highest BCUT2D eigenvalue weighted by Gasteiger charge is 2.12. The molecule has 0 spiro atoms. The molecule has 0 aliphatic carbocycles. The second kappa shape index (κ2) is 8.35. The maximum Gasteiger partial charge on any atom is 0.142 e. The van der Waals surface area contributed by atoms with Gasteiger partial charge < -0.3 is 20.3 Å². The maximum atomic E-state index is 6.09. The van der Waals surface area contributed by atoms with Crippen LogP contribution in [0, 0.1) is 0 Å². The van der Waals surface area contributed by atoms with Gasteiger partial charge in [-0.3, -0.25) is 0 Å². The summed E-state index contributed by atoms with van der Waals surface area (Å²) in [6.45, 7) is 2.28. The molecule has 1 aliphatic rings. The minimum absolute atomic E-state index is 0.619. The first-order chi connectivity index (χ1) is 13.7. The summed E-state index contributed by atoms with van der Waals surface area (Å²) in [4.78, 5) is 11.0. The molecule has 144 valence electrons. The molecule has 2 heterocycles. The van der Waals surface area contributed by atoms with E-state index in [1.807, 2.05) is 12.1 Å². The van der Waals surface area contributed by atoms with Gasteiger partial charge >= 0.3 is 0 Å². The van der Waals surface area contributed by atoms with Gasteiger partial charge in [-0.05, 0) is 55.3 Å². The molecule has 1 aliphatic heterocycles. The Morgan fingerprint density at radius 2 is 1.64 bits per heavy atom. The number of benzene rings is 2. The number of hydrogen-bond acceptors (Lipinski definition) is 6. The van der Waals surface area contributed by atoms with Gasteiger partial charge in [0.15, 0.2) is 0 Å². The zero-order chi connectivity index (χ0) is 19.3. The topological polar surface area (TPSA) is 62.3 Å². The number of nitrogens with zero attached hydrogens (tertiary/aromatic N) is 3. The van der Waals surface area contributed by atoms with Crippen LogP contribution in [0.2, 0.25) is 5.02 Å². The van der Waals surface area contributed by atoms with Crippen LogP contribution in [0.25, 0.3) is 0 Å². The molecular weight excluding hydrogens is 374 g/mol. The Balaban J connectivity index is 1.47. The summed E-state index contributed by atoms with van der Waals surface area (Å²) in [5, 5.41) is 7.17. The zero-order valence-corrected chi connectivity index (χ0v) is 16.4. The van der Waals surface area contributed by atoms with Crippen LogP contribution in [-0.2, 0) is 0 Å². The highest BCUT2D eigenvalue weighted by atomic mass is 35.5. The Morgan fingerprint density at radius 1 is 0.929 bits per heavy atom. The molecule has 0 bridgehead atoms. The van der Waals surface area contributed by atoms with Crippen molar-refractivity contribution in [3.05, 3.63) is 59.9 Å². The van der Waals surface area contributed by atoms with Crippen LogP contribution in [0.3, 0.4) is 0 Å². The minimum atomic E-state index is 0.619. The van der Waals surface area contributed by atoms with Crippen LogP contribution < -0.4 is 20.3 Å². The van der Waals surface area contributed by atoms with E-state index in [0.717, 1.165) is 24.5 Å². The first kappa shape index (κ1) is 18.4. The molecular formula is C21H22ClN5O. The van der Waals surface area contributed by atoms with Gasteiger partial charge in [-0.1, -0.05) is 11.6 Å². The molecule has 0 saturated carbocycles. The van der Waals surface area contributed by atoms with E-state index in [9.17, 15) is 0 Å². The molecule has 0 unspecified atom stereocenters. The second-order valence-corrected chi connectivity index (χ2v) is 7.06. The standard InChI is InChI=1S/C21H22ClN5O/c1-28-19-9-4-15(22)12-18(19)26-21-13-20(23-14-24-21)25-16-5-7-17(8-6-16)27-10-2-3-11-27/h4-9,12-14H,2-3,10-11H2,1H3,(H2,23,24,25,26). The van der Waals surface area contributed by atoms with Crippen molar-refractivity contribution in [2.24, 2.45) is 0 Å². The molecule has 0 amide bonds. The van der Waals surface area contributed by atoms with Crippen molar-refractivity contribution in [3.63, 3.8) is 0 Å². The van der Waals surface area contributed by atoms with Crippen LogP contribution in [0.4, 0.5) is 28.7 Å². The fourth-order valence-electron chi connectivity index (χ4n) is 3.29. The van der Waals surface area contributed by atoms with E-state index in [2.05, 4.69) is 49.8 Å². The molecule has 1 fully saturated rings. The number of nitrogens with one attached hydrogen (secondary N) is 2. The van der Waals surface area contributed by atoms with Crippen LogP contribution >= 0.6 is 11.6 Å². The summed E-state index contributed by atoms with van der Waals surface area (Å²) in [7, 11) is 1.62.